The standard InChI is InChI=1S/C20H15Cl2FN4O2/c1-10-18(11-2-5-13(23)6-3-11)26-27-16(9-17(28)25-19(10)27)20(29)24-15-7-4-12(21)8-14(15)22/h2-8,16H,9H2,1H3,(H,24,29)(H,25,28)/t16-/m1/s1. The van der Waals surface area contributed by atoms with Gasteiger partial charge in [0.15, 0.2) is 0 Å². The SMILES string of the molecule is Cc1c(-c2ccc(F)cc2)nn2c1NC(=O)C[C@@H]2C(=O)Nc1ccc(Cl)cc1Cl. The molecule has 0 spiro atoms. The molecule has 0 bridgehead atoms. The third kappa shape index (κ3) is 3.71. The van der Waals surface area contributed by atoms with Crippen molar-refractivity contribution in [2.45, 2.75) is 19.4 Å². The number of fused-ring (bicyclic) bond motifs is 1. The first-order valence-electron chi connectivity index (χ1n) is 8.74. The van der Waals surface area contributed by atoms with Gasteiger partial charge in [0.05, 0.1) is 22.8 Å². The molecule has 0 radical (unpaired) electrons. The molecule has 1 atom stereocenters. The van der Waals surface area contributed by atoms with Crippen LogP contribution in [0.1, 0.15) is 18.0 Å². The summed E-state index contributed by atoms with van der Waals surface area (Å²) in [4.78, 5) is 25.1. The lowest BCUT2D eigenvalue weighted by molar-refractivity contribution is -0.125. The summed E-state index contributed by atoms with van der Waals surface area (Å²) in [7, 11) is 0. The highest BCUT2D eigenvalue weighted by atomic mass is 35.5. The summed E-state index contributed by atoms with van der Waals surface area (Å²) in [5.41, 5.74) is 2.31. The van der Waals surface area contributed by atoms with E-state index in [4.69, 9.17) is 23.2 Å². The second kappa shape index (κ2) is 7.50. The van der Waals surface area contributed by atoms with Gasteiger partial charge in [-0.3, -0.25) is 9.59 Å². The van der Waals surface area contributed by atoms with Crippen molar-refractivity contribution in [3.05, 3.63) is 63.9 Å². The first-order valence-corrected chi connectivity index (χ1v) is 9.50. The number of halogens is 3. The van der Waals surface area contributed by atoms with E-state index in [1.54, 1.807) is 31.2 Å². The number of rotatable bonds is 3. The lowest BCUT2D eigenvalue weighted by Crippen LogP contribution is -2.36. The molecule has 9 heteroatoms. The lowest BCUT2D eigenvalue weighted by atomic mass is 10.1. The summed E-state index contributed by atoms with van der Waals surface area (Å²) < 4.78 is 14.7. The Balaban J connectivity index is 1.70. The van der Waals surface area contributed by atoms with Crippen LogP contribution in [0.5, 0.6) is 0 Å². The molecule has 0 saturated carbocycles. The van der Waals surface area contributed by atoms with Gasteiger partial charge in [-0.05, 0) is 49.4 Å². The quantitative estimate of drug-likeness (QED) is 0.622. The predicted molar refractivity (Wildman–Crippen MR) is 110 cm³/mol. The van der Waals surface area contributed by atoms with E-state index in [2.05, 4.69) is 15.7 Å². The number of hydrogen-bond donors (Lipinski definition) is 2. The molecule has 2 amide bonds. The molecule has 4 rings (SSSR count). The van der Waals surface area contributed by atoms with Crippen LogP contribution in [0, 0.1) is 12.7 Å². The Kier molecular flexibility index (Phi) is 5.02. The van der Waals surface area contributed by atoms with Crippen molar-refractivity contribution in [3.63, 3.8) is 0 Å². The third-order valence-electron chi connectivity index (χ3n) is 4.69. The molecule has 29 heavy (non-hydrogen) atoms. The second-order valence-corrected chi connectivity index (χ2v) is 7.50. The molecular weight excluding hydrogens is 418 g/mol. The number of aromatic nitrogens is 2. The summed E-state index contributed by atoms with van der Waals surface area (Å²) in [6, 6.07) is 9.71. The highest BCUT2D eigenvalue weighted by molar-refractivity contribution is 6.36. The molecule has 2 aromatic carbocycles. The number of hydrogen-bond acceptors (Lipinski definition) is 3. The smallest absolute Gasteiger partial charge is 0.249 e. The van der Waals surface area contributed by atoms with E-state index in [-0.39, 0.29) is 23.2 Å². The molecular formula is C20H15Cl2FN4O2. The van der Waals surface area contributed by atoms with E-state index in [1.165, 1.54) is 22.9 Å². The molecule has 6 nitrogen and oxygen atoms in total. The summed E-state index contributed by atoms with van der Waals surface area (Å²) >= 11 is 12.0. The molecule has 0 unspecified atom stereocenters. The van der Waals surface area contributed by atoms with Gasteiger partial charge in [-0.15, -0.1) is 0 Å². The molecule has 148 valence electrons. The predicted octanol–water partition coefficient (Wildman–Crippen LogP) is 4.83. The molecule has 0 aliphatic carbocycles. The van der Waals surface area contributed by atoms with Crippen LogP contribution in [0.15, 0.2) is 42.5 Å². The van der Waals surface area contributed by atoms with Crippen LogP contribution in [0.25, 0.3) is 11.3 Å². The summed E-state index contributed by atoms with van der Waals surface area (Å²) in [5.74, 6) is -0.657. The second-order valence-electron chi connectivity index (χ2n) is 6.66. The van der Waals surface area contributed by atoms with Crippen LogP contribution in [-0.2, 0) is 9.59 Å². The highest BCUT2D eigenvalue weighted by Gasteiger charge is 2.34. The van der Waals surface area contributed by atoms with Gasteiger partial charge in [-0.1, -0.05) is 23.2 Å². The average Bonchev–Trinajstić information content (AvgIpc) is 3.00. The van der Waals surface area contributed by atoms with Crippen molar-refractivity contribution < 1.29 is 14.0 Å². The molecule has 1 aliphatic rings. The Bertz CT molecular complexity index is 1130. The molecule has 0 saturated heterocycles. The van der Waals surface area contributed by atoms with E-state index < -0.39 is 11.9 Å². The first-order chi connectivity index (χ1) is 13.8. The van der Waals surface area contributed by atoms with Crippen molar-refractivity contribution in [2.75, 3.05) is 10.6 Å². The summed E-state index contributed by atoms with van der Waals surface area (Å²) in [6.45, 7) is 1.79. The van der Waals surface area contributed by atoms with E-state index in [1.807, 2.05) is 0 Å². The van der Waals surface area contributed by atoms with Gasteiger partial charge < -0.3 is 10.6 Å². The van der Waals surface area contributed by atoms with E-state index >= 15 is 0 Å². The number of benzene rings is 2. The molecule has 0 fully saturated rings. The van der Waals surface area contributed by atoms with Crippen molar-refractivity contribution in [1.29, 1.82) is 0 Å². The maximum atomic E-state index is 13.3. The van der Waals surface area contributed by atoms with Gasteiger partial charge in [-0.2, -0.15) is 5.10 Å². The zero-order chi connectivity index (χ0) is 20.7. The number of nitrogens with zero attached hydrogens (tertiary/aromatic N) is 2. The fourth-order valence-corrected chi connectivity index (χ4v) is 3.69. The minimum atomic E-state index is -0.863. The zero-order valence-electron chi connectivity index (χ0n) is 15.2. The Labute approximate surface area is 175 Å². The van der Waals surface area contributed by atoms with Gasteiger partial charge in [0, 0.05) is 16.1 Å². The molecule has 2 heterocycles. The van der Waals surface area contributed by atoms with Crippen LogP contribution in [0.2, 0.25) is 10.0 Å². The summed E-state index contributed by atoms with van der Waals surface area (Å²) in [5, 5.41) is 10.7. The topological polar surface area (TPSA) is 76.0 Å². The minimum Gasteiger partial charge on any atom is -0.323 e. The largest absolute Gasteiger partial charge is 0.323 e. The number of nitrogens with one attached hydrogen (secondary N) is 2. The fraction of sp³-hybridized carbons (Fsp3) is 0.150. The number of anilines is 2. The van der Waals surface area contributed by atoms with Crippen LogP contribution in [0.4, 0.5) is 15.9 Å². The van der Waals surface area contributed by atoms with Crippen molar-refractivity contribution in [2.24, 2.45) is 0 Å². The van der Waals surface area contributed by atoms with Crippen molar-refractivity contribution in [3.8, 4) is 11.3 Å². The molecule has 3 aromatic rings. The van der Waals surface area contributed by atoms with Gasteiger partial charge in [-0.25, -0.2) is 9.07 Å². The number of carbonyl (C=O) groups excluding carboxylic acids is 2. The molecule has 2 N–H and O–H groups in total. The Morgan fingerprint density at radius 2 is 1.97 bits per heavy atom. The average molecular weight is 433 g/mol. The Morgan fingerprint density at radius 1 is 1.24 bits per heavy atom. The Morgan fingerprint density at radius 3 is 2.66 bits per heavy atom. The highest BCUT2D eigenvalue weighted by Crippen LogP contribution is 2.35. The Hall–Kier alpha value is -2.90. The van der Waals surface area contributed by atoms with E-state index in [0.717, 1.165) is 0 Å². The normalized spacial score (nSPS) is 15.6. The number of carbonyl (C=O) groups is 2. The van der Waals surface area contributed by atoms with Crippen molar-refractivity contribution >= 4 is 46.5 Å². The lowest BCUT2D eigenvalue weighted by Gasteiger charge is -2.24. The van der Waals surface area contributed by atoms with Gasteiger partial charge >= 0.3 is 0 Å². The van der Waals surface area contributed by atoms with Crippen LogP contribution >= 0.6 is 23.2 Å². The number of amides is 2. The minimum absolute atomic E-state index is 0.0754. The van der Waals surface area contributed by atoms with Crippen LogP contribution in [-0.4, -0.2) is 21.6 Å². The van der Waals surface area contributed by atoms with Gasteiger partial charge in [0.1, 0.15) is 17.7 Å². The maximum Gasteiger partial charge on any atom is 0.249 e. The maximum absolute atomic E-state index is 13.3. The monoisotopic (exact) mass is 432 g/mol. The van der Waals surface area contributed by atoms with E-state index in [0.29, 0.717) is 33.3 Å². The van der Waals surface area contributed by atoms with Gasteiger partial charge in [0.2, 0.25) is 11.8 Å². The molecule has 1 aliphatic heterocycles. The first kappa shape index (κ1) is 19.4. The van der Waals surface area contributed by atoms with Crippen LogP contribution in [0.3, 0.4) is 0 Å². The van der Waals surface area contributed by atoms with Gasteiger partial charge in [0.25, 0.3) is 0 Å². The molecule has 1 aromatic heterocycles. The van der Waals surface area contributed by atoms with E-state index in [9.17, 15) is 14.0 Å². The zero-order valence-corrected chi connectivity index (χ0v) is 16.7. The summed E-state index contributed by atoms with van der Waals surface area (Å²) in [6.07, 6.45) is -0.0754. The third-order valence-corrected chi connectivity index (χ3v) is 5.24. The fourth-order valence-electron chi connectivity index (χ4n) is 3.23. The van der Waals surface area contributed by atoms with Crippen molar-refractivity contribution in [1.82, 2.24) is 9.78 Å². The van der Waals surface area contributed by atoms with Crippen LogP contribution < -0.4 is 10.6 Å².